The summed E-state index contributed by atoms with van der Waals surface area (Å²) >= 11 is 1.56. The van der Waals surface area contributed by atoms with Crippen molar-refractivity contribution in [2.24, 2.45) is 5.73 Å². The van der Waals surface area contributed by atoms with Gasteiger partial charge in [-0.25, -0.2) is 9.37 Å². The standard InChI is InChI=1S/C13H16FN3S/c1-17(7-10-4-2-3-5-12(10)14)8-11-9-18-13(6-15)16-11/h2-5,9H,6-8,15H2,1H3. The van der Waals surface area contributed by atoms with Crippen molar-refractivity contribution in [1.29, 1.82) is 0 Å². The van der Waals surface area contributed by atoms with E-state index >= 15 is 0 Å². The topological polar surface area (TPSA) is 42.1 Å². The average Bonchev–Trinajstić information content (AvgIpc) is 2.80. The van der Waals surface area contributed by atoms with E-state index in [1.165, 1.54) is 6.07 Å². The molecule has 5 heteroatoms. The first kappa shape index (κ1) is 13.1. The Kier molecular flexibility index (Phi) is 4.41. The normalized spacial score (nSPS) is 11.1. The Bertz CT molecular complexity index is 512. The molecule has 2 aromatic rings. The van der Waals surface area contributed by atoms with Crippen LogP contribution in [0.25, 0.3) is 0 Å². The molecule has 0 aliphatic heterocycles. The number of hydrogen-bond donors (Lipinski definition) is 1. The predicted octanol–water partition coefficient (Wildman–Crippen LogP) is 2.37. The lowest BCUT2D eigenvalue weighted by molar-refractivity contribution is 0.310. The van der Waals surface area contributed by atoms with Crippen molar-refractivity contribution in [3.05, 3.63) is 51.7 Å². The second kappa shape index (κ2) is 6.04. The molecule has 1 aromatic heterocycles. The number of halogens is 1. The van der Waals surface area contributed by atoms with Crippen molar-refractivity contribution >= 4 is 11.3 Å². The summed E-state index contributed by atoms with van der Waals surface area (Å²) in [7, 11) is 1.95. The smallest absolute Gasteiger partial charge is 0.127 e. The van der Waals surface area contributed by atoms with Gasteiger partial charge in [0.25, 0.3) is 0 Å². The maximum atomic E-state index is 13.5. The van der Waals surface area contributed by atoms with Gasteiger partial charge in [-0.15, -0.1) is 11.3 Å². The zero-order chi connectivity index (χ0) is 13.0. The highest BCUT2D eigenvalue weighted by Crippen LogP contribution is 2.13. The minimum atomic E-state index is -0.162. The van der Waals surface area contributed by atoms with Crippen LogP contribution in [0.3, 0.4) is 0 Å². The third-order valence-corrected chi connectivity index (χ3v) is 3.52. The molecule has 2 N–H and O–H groups in total. The number of hydrogen-bond acceptors (Lipinski definition) is 4. The molecular weight excluding hydrogens is 249 g/mol. The first-order valence-electron chi connectivity index (χ1n) is 5.74. The van der Waals surface area contributed by atoms with Crippen LogP contribution in [0.4, 0.5) is 4.39 Å². The fraction of sp³-hybridized carbons (Fsp3) is 0.308. The van der Waals surface area contributed by atoms with Crippen molar-refractivity contribution < 1.29 is 4.39 Å². The van der Waals surface area contributed by atoms with E-state index in [-0.39, 0.29) is 5.82 Å². The maximum absolute atomic E-state index is 13.5. The highest BCUT2D eigenvalue weighted by molar-refractivity contribution is 7.09. The van der Waals surface area contributed by atoms with Gasteiger partial charge in [-0.1, -0.05) is 18.2 Å². The summed E-state index contributed by atoms with van der Waals surface area (Å²) in [6.45, 7) is 1.74. The molecule has 18 heavy (non-hydrogen) atoms. The zero-order valence-electron chi connectivity index (χ0n) is 10.3. The fourth-order valence-electron chi connectivity index (χ4n) is 1.77. The summed E-state index contributed by atoms with van der Waals surface area (Å²) in [5, 5.41) is 2.93. The molecule has 0 fully saturated rings. The molecule has 1 heterocycles. The minimum Gasteiger partial charge on any atom is -0.325 e. The Morgan fingerprint density at radius 2 is 2.11 bits per heavy atom. The fourth-order valence-corrected chi connectivity index (χ4v) is 2.43. The van der Waals surface area contributed by atoms with E-state index < -0.39 is 0 Å². The van der Waals surface area contributed by atoms with Crippen molar-refractivity contribution in [3.63, 3.8) is 0 Å². The molecule has 0 unspecified atom stereocenters. The first-order valence-corrected chi connectivity index (χ1v) is 6.62. The molecule has 0 aliphatic carbocycles. The molecule has 1 aromatic carbocycles. The molecule has 0 atom stereocenters. The van der Waals surface area contributed by atoms with Crippen LogP contribution in [0.2, 0.25) is 0 Å². The van der Waals surface area contributed by atoms with Crippen molar-refractivity contribution in [2.75, 3.05) is 7.05 Å². The van der Waals surface area contributed by atoms with Crippen LogP contribution in [0, 0.1) is 5.82 Å². The summed E-state index contributed by atoms with van der Waals surface area (Å²) in [6, 6.07) is 6.84. The Morgan fingerprint density at radius 1 is 1.33 bits per heavy atom. The van der Waals surface area contributed by atoms with Crippen molar-refractivity contribution in [3.8, 4) is 0 Å². The van der Waals surface area contributed by atoms with Gasteiger partial charge in [0.05, 0.1) is 5.69 Å². The monoisotopic (exact) mass is 265 g/mol. The molecule has 0 saturated carbocycles. The zero-order valence-corrected chi connectivity index (χ0v) is 11.1. The second-order valence-electron chi connectivity index (χ2n) is 4.20. The lowest BCUT2D eigenvalue weighted by atomic mass is 10.2. The Morgan fingerprint density at radius 3 is 2.78 bits per heavy atom. The number of nitrogens with zero attached hydrogens (tertiary/aromatic N) is 2. The number of aromatic nitrogens is 1. The first-order chi connectivity index (χ1) is 8.69. The van der Waals surface area contributed by atoms with E-state index in [1.54, 1.807) is 23.5 Å². The molecule has 0 spiro atoms. The summed E-state index contributed by atoms with van der Waals surface area (Å²) in [5.41, 5.74) is 7.21. The van der Waals surface area contributed by atoms with E-state index in [9.17, 15) is 4.39 Å². The van der Waals surface area contributed by atoms with E-state index in [1.807, 2.05) is 23.4 Å². The number of rotatable bonds is 5. The van der Waals surface area contributed by atoms with Gasteiger partial charge in [0, 0.05) is 30.6 Å². The molecule has 0 radical (unpaired) electrons. The van der Waals surface area contributed by atoms with E-state index in [0.29, 0.717) is 25.2 Å². The van der Waals surface area contributed by atoms with Crippen LogP contribution >= 0.6 is 11.3 Å². The van der Waals surface area contributed by atoms with Crippen LogP contribution in [0.5, 0.6) is 0 Å². The average molecular weight is 265 g/mol. The van der Waals surface area contributed by atoms with Crippen LogP contribution in [0.15, 0.2) is 29.6 Å². The Balaban J connectivity index is 1.96. The lowest BCUT2D eigenvalue weighted by Crippen LogP contribution is -2.18. The summed E-state index contributed by atoms with van der Waals surface area (Å²) in [4.78, 5) is 6.43. The van der Waals surface area contributed by atoms with Gasteiger partial charge in [-0.3, -0.25) is 4.90 Å². The molecule has 2 rings (SSSR count). The Hall–Kier alpha value is -1.30. The van der Waals surface area contributed by atoms with Crippen LogP contribution < -0.4 is 5.73 Å². The highest BCUT2D eigenvalue weighted by atomic mass is 32.1. The third kappa shape index (κ3) is 3.35. The lowest BCUT2D eigenvalue weighted by Gasteiger charge is -2.15. The van der Waals surface area contributed by atoms with Gasteiger partial charge in [0.1, 0.15) is 10.8 Å². The van der Waals surface area contributed by atoms with Gasteiger partial charge in [-0.05, 0) is 13.1 Å². The van der Waals surface area contributed by atoms with Gasteiger partial charge >= 0.3 is 0 Å². The van der Waals surface area contributed by atoms with E-state index in [2.05, 4.69) is 4.98 Å². The maximum Gasteiger partial charge on any atom is 0.127 e. The molecule has 0 saturated heterocycles. The highest BCUT2D eigenvalue weighted by Gasteiger charge is 2.07. The molecular formula is C13H16FN3S. The number of nitrogens with two attached hydrogens (primary N) is 1. The van der Waals surface area contributed by atoms with Crippen molar-refractivity contribution in [1.82, 2.24) is 9.88 Å². The largest absolute Gasteiger partial charge is 0.325 e. The van der Waals surface area contributed by atoms with Gasteiger partial charge in [0.15, 0.2) is 0 Å². The SMILES string of the molecule is CN(Cc1csc(CN)n1)Cc1ccccc1F. The van der Waals surface area contributed by atoms with Gasteiger partial charge in [-0.2, -0.15) is 0 Å². The summed E-state index contributed by atoms with van der Waals surface area (Å²) < 4.78 is 13.5. The molecule has 96 valence electrons. The van der Waals surface area contributed by atoms with Crippen LogP contribution in [-0.4, -0.2) is 16.9 Å². The molecule has 0 bridgehead atoms. The second-order valence-corrected chi connectivity index (χ2v) is 5.14. The predicted molar refractivity (Wildman–Crippen MR) is 71.6 cm³/mol. The van der Waals surface area contributed by atoms with Crippen LogP contribution in [-0.2, 0) is 19.6 Å². The number of benzene rings is 1. The summed E-state index contributed by atoms with van der Waals surface area (Å²) in [6.07, 6.45) is 0. The third-order valence-electron chi connectivity index (χ3n) is 2.60. The van der Waals surface area contributed by atoms with Gasteiger partial charge in [0.2, 0.25) is 0 Å². The molecule has 3 nitrogen and oxygen atoms in total. The van der Waals surface area contributed by atoms with E-state index in [4.69, 9.17) is 5.73 Å². The number of thiazole rings is 1. The van der Waals surface area contributed by atoms with Gasteiger partial charge < -0.3 is 5.73 Å². The Labute approximate surface area is 110 Å². The van der Waals surface area contributed by atoms with Crippen LogP contribution in [0.1, 0.15) is 16.3 Å². The molecule has 0 aliphatic rings. The minimum absolute atomic E-state index is 0.162. The summed E-state index contributed by atoms with van der Waals surface area (Å²) in [5.74, 6) is -0.162. The quantitative estimate of drug-likeness (QED) is 0.902. The van der Waals surface area contributed by atoms with Crippen molar-refractivity contribution in [2.45, 2.75) is 19.6 Å². The molecule has 0 amide bonds. The van der Waals surface area contributed by atoms with E-state index in [0.717, 1.165) is 10.7 Å².